The van der Waals surface area contributed by atoms with Gasteiger partial charge in [-0.1, -0.05) is 39.3 Å². The van der Waals surface area contributed by atoms with Crippen molar-refractivity contribution in [3.63, 3.8) is 0 Å². The van der Waals surface area contributed by atoms with Crippen LogP contribution in [0.4, 0.5) is 0 Å². The highest BCUT2D eigenvalue weighted by molar-refractivity contribution is 9.10. The molecular formula is C44H65BrN10O14. The van der Waals surface area contributed by atoms with E-state index in [9.17, 15) is 63.3 Å². The maximum absolute atomic E-state index is 14.5. The smallest absolute Gasteiger partial charge is 0.270 e. The number of hydrogen-bond acceptors (Lipinski definition) is 14. The van der Waals surface area contributed by atoms with Crippen LogP contribution >= 0.6 is 15.9 Å². The number of rotatable bonds is 12. The summed E-state index contributed by atoms with van der Waals surface area (Å²) in [5, 5.41) is 46.8. The highest BCUT2D eigenvalue weighted by atomic mass is 79.9. The van der Waals surface area contributed by atoms with Crippen LogP contribution < -0.4 is 43.4 Å². The average molecular weight is 1040 g/mol. The van der Waals surface area contributed by atoms with Crippen molar-refractivity contribution >= 4 is 75.0 Å². The van der Waals surface area contributed by atoms with Gasteiger partial charge in [-0.2, -0.15) is 0 Å². The third-order valence-electron chi connectivity index (χ3n) is 12.0. The Balaban J connectivity index is 2.23. The van der Waals surface area contributed by atoms with Gasteiger partial charge in [0.25, 0.3) is 11.8 Å². The minimum atomic E-state index is -2.38. The van der Waals surface area contributed by atoms with Crippen molar-refractivity contribution in [3.05, 3.63) is 40.0 Å². The summed E-state index contributed by atoms with van der Waals surface area (Å²) in [4.78, 5) is 138. The molecule has 13 N–H and O–H groups in total. The van der Waals surface area contributed by atoms with Gasteiger partial charge in [-0.25, -0.2) is 0 Å². The third-order valence-corrected chi connectivity index (χ3v) is 12.6. The lowest BCUT2D eigenvalue weighted by Gasteiger charge is -2.33. The van der Waals surface area contributed by atoms with Crippen LogP contribution in [0.1, 0.15) is 72.3 Å². The SMILES string of the molecule is CC=C1NC(=O)[C@@H](O)[C@H](CC[C@@H](C)CC)NC(=O)[C@H](CC(N)=O)NC(=O)[C@@H](Cc2ccc(O)c(Br)c2)NC(=O)[C@@H]2C[C@@H](C)CN2C(=O)[C@@H]([C@H](C)OC)NC(=O)[C@@H]([C@@H](O)C(N)=O)NC(=O)CN(C)C1=O. The van der Waals surface area contributed by atoms with Crippen molar-refractivity contribution in [2.45, 2.75) is 128 Å². The average Bonchev–Trinajstić information content (AvgIpc) is 3.70. The van der Waals surface area contributed by atoms with Gasteiger partial charge >= 0.3 is 0 Å². The molecule has 2 saturated heterocycles. The molecule has 0 aromatic heterocycles. The normalized spacial score (nSPS) is 27.3. The van der Waals surface area contributed by atoms with Crippen LogP contribution in [0.15, 0.2) is 34.4 Å². The number of carbonyl (C=O) groups is 10. The molecule has 0 saturated carbocycles. The first kappa shape index (κ1) is 57.1. The van der Waals surface area contributed by atoms with Gasteiger partial charge in [-0.05, 0) is 78.6 Å². The van der Waals surface area contributed by atoms with E-state index in [1.807, 2.05) is 13.8 Å². The Morgan fingerprint density at radius 2 is 1.57 bits per heavy atom. The number of halogens is 1. The molecule has 2 aliphatic heterocycles. The fourth-order valence-electron chi connectivity index (χ4n) is 7.61. The Kier molecular flexibility index (Phi) is 21.5. The van der Waals surface area contributed by atoms with Crippen LogP contribution in [0.5, 0.6) is 5.75 Å². The monoisotopic (exact) mass is 1040 g/mol. The summed E-state index contributed by atoms with van der Waals surface area (Å²) in [6, 6.07) is -5.56. The summed E-state index contributed by atoms with van der Waals surface area (Å²) in [5.74, 6) is -11.4. The van der Waals surface area contributed by atoms with Gasteiger partial charge < -0.3 is 73.2 Å². The van der Waals surface area contributed by atoms with Gasteiger partial charge in [-0.15, -0.1) is 0 Å². The molecule has 2 aliphatic rings. The second-order valence-electron chi connectivity index (χ2n) is 17.5. The molecular weight excluding hydrogens is 972 g/mol. The molecule has 382 valence electrons. The van der Waals surface area contributed by atoms with Crippen LogP contribution in [0.2, 0.25) is 0 Å². The molecule has 11 atom stereocenters. The fraction of sp³-hybridized carbons (Fsp3) is 0.591. The van der Waals surface area contributed by atoms with E-state index in [0.29, 0.717) is 18.4 Å². The summed E-state index contributed by atoms with van der Waals surface area (Å²) in [6.07, 6.45) is -4.47. The van der Waals surface area contributed by atoms with E-state index >= 15 is 0 Å². The Morgan fingerprint density at radius 3 is 2.14 bits per heavy atom. The summed E-state index contributed by atoms with van der Waals surface area (Å²) < 4.78 is 5.64. The summed E-state index contributed by atoms with van der Waals surface area (Å²) >= 11 is 3.22. The molecule has 2 fully saturated rings. The van der Waals surface area contributed by atoms with E-state index in [1.54, 1.807) is 6.92 Å². The Hall–Kier alpha value is -6.18. The number of allylic oxidation sites excluding steroid dienone is 1. The number of phenolic OH excluding ortho intramolecular Hbond substituents is 1. The molecule has 69 heavy (non-hydrogen) atoms. The number of phenols is 1. The van der Waals surface area contributed by atoms with Crippen molar-refractivity contribution < 1.29 is 68.0 Å². The summed E-state index contributed by atoms with van der Waals surface area (Å²) in [6.45, 7) is 7.36. The highest BCUT2D eigenvalue weighted by Gasteiger charge is 2.45. The number of nitrogens with one attached hydrogen (secondary N) is 6. The van der Waals surface area contributed by atoms with E-state index in [4.69, 9.17) is 16.2 Å². The molecule has 0 unspecified atom stereocenters. The van der Waals surface area contributed by atoms with E-state index in [1.165, 1.54) is 39.2 Å². The Bertz CT molecular complexity index is 2140. The van der Waals surface area contributed by atoms with Crippen LogP contribution in [0.3, 0.4) is 0 Å². The third kappa shape index (κ3) is 15.9. The zero-order valence-corrected chi connectivity index (χ0v) is 41.2. The lowest BCUT2D eigenvalue weighted by molar-refractivity contribution is -0.146. The predicted octanol–water partition coefficient (Wildman–Crippen LogP) is -3.21. The standard InChI is InChI=1S/C44H65BrN10O14/c1-8-20(3)10-12-26-35(59)42(66)48-25(9-2)43(67)54(6)19-32(58)52-34(36(60)37(47)61)41(65)53-33(22(5)69-7)44(68)55-18-21(4)14-29(55)40(64)51-27(16-23-11-13-30(56)24(45)15-23)38(62)50-28(17-31(46)57)39(63)49-26/h9,11,13,15,20-22,26-29,33-36,56,59-60H,8,10,12,14,16-19H2,1-7H3,(H2,46,57)(H2,47,61)(H,48,66)(H,49,63)(H,50,62)(H,51,64)(H,52,58)(H,53,65)/t20-,21+,22-,26-,27+,28-,29-,33+,34+,35-,36+/m0/s1. The van der Waals surface area contributed by atoms with Gasteiger partial charge in [0.05, 0.1) is 29.6 Å². The number of methoxy groups -OCH3 is 1. The first-order chi connectivity index (χ1) is 32.3. The largest absolute Gasteiger partial charge is 0.507 e. The molecule has 25 heteroatoms. The molecule has 10 amide bonds. The summed E-state index contributed by atoms with van der Waals surface area (Å²) in [5.41, 5.74) is 10.8. The van der Waals surface area contributed by atoms with Crippen molar-refractivity contribution in [1.82, 2.24) is 41.7 Å². The number of ether oxygens (including phenoxy) is 1. The van der Waals surface area contributed by atoms with Crippen LogP contribution in [0, 0.1) is 11.8 Å². The minimum Gasteiger partial charge on any atom is -0.507 e. The maximum atomic E-state index is 14.5. The molecule has 1 aromatic rings. The van der Waals surface area contributed by atoms with Crippen LogP contribution in [0.25, 0.3) is 0 Å². The molecule has 0 spiro atoms. The van der Waals surface area contributed by atoms with Gasteiger partial charge in [0.1, 0.15) is 41.7 Å². The van der Waals surface area contributed by atoms with E-state index in [2.05, 4.69) is 47.8 Å². The molecule has 0 radical (unpaired) electrons. The van der Waals surface area contributed by atoms with Gasteiger partial charge in [0.15, 0.2) is 12.2 Å². The molecule has 0 aliphatic carbocycles. The second kappa shape index (κ2) is 26.0. The Morgan fingerprint density at radius 1 is 0.928 bits per heavy atom. The quantitative estimate of drug-likeness (QED) is 0.0919. The molecule has 1 aromatic carbocycles. The number of aliphatic hydroxyl groups excluding tert-OH is 2. The number of benzene rings is 1. The number of nitrogens with zero attached hydrogens (tertiary/aromatic N) is 2. The molecule has 24 nitrogen and oxygen atoms in total. The van der Waals surface area contributed by atoms with Crippen LogP contribution in [-0.2, 0) is 59.1 Å². The minimum absolute atomic E-state index is 0.0227. The number of amides is 10. The van der Waals surface area contributed by atoms with Gasteiger partial charge in [0.2, 0.25) is 47.3 Å². The number of likely N-dealkylation sites (N-methyl/N-ethyl adjacent to an activating group) is 1. The Labute approximate surface area is 407 Å². The number of primary amides is 2. The van der Waals surface area contributed by atoms with E-state index < -0.39 is 132 Å². The zero-order valence-electron chi connectivity index (χ0n) is 39.6. The molecule has 3 rings (SSSR count). The number of aromatic hydroxyl groups is 1. The number of aliphatic hydroxyl groups is 2. The first-order valence-electron chi connectivity index (χ1n) is 22.3. The maximum Gasteiger partial charge on any atom is 0.270 e. The topological polar surface area (TPSA) is 371 Å². The van der Waals surface area contributed by atoms with Crippen molar-refractivity contribution in [1.29, 1.82) is 0 Å². The van der Waals surface area contributed by atoms with Crippen LogP contribution in [-0.4, -0.2) is 166 Å². The van der Waals surface area contributed by atoms with Gasteiger partial charge in [-0.3, -0.25) is 47.9 Å². The highest BCUT2D eigenvalue weighted by Crippen LogP contribution is 2.27. The van der Waals surface area contributed by atoms with E-state index in [0.717, 1.165) is 22.9 Å². The number of hydrogen-bond donors (Lipinski definition) is 11. The second-order valence-corrected chi connectivity index (χ2v) is 18.3. The molecule has 0 bridgehead atoms. The molecule has 2 heterocycles. The van der Waals surface area contributed by atoms with Gasteiger partial charge in [0, 0.05) is 27.1 Å². The number of nitrogens with two attached hydrogens (primary N) is 2. The number of fused-ring (bicyclic) bond motifs is 1. The zero-order chi connectivity index (χ0) is 52.0. The van der Waals surface area contributed by atoms with Crippen molar-refractivity contribution in [2.24, 2.45) is 23.3 Å². The fourth-order valence-corrected chi connectivity index (χ4v) is 8.04. The lowest BCUT2D eigenvalue weighted by atomic mass is 9.95. The van der Waals surface area contributed by atoms with Crippen molar-refractivity contribution in [3.8, 4) is 5.75 Å². The summed E-state index contributed by atoms with van der Waals surface area (Å²) in [7, 11) is 2.35. The first-order valence-corrected chi connectivity index (χ1v) is 23.1. The number of carbonyl (C=O) groups excluding carboxylic acids is 10. The predicted molar refractivity (Wildman–Crippen MR) is 248 cm³/mol. The van der Waals surface area contributed by atoms with Crippen molar-refractivity contribution in [2.75, 3.05) is 27.2 Å². The lowest BCUT2D eigenvalue weighted by Crippen LogP contribution is -2.64. The van der Waals surface area contributed by atoms with E-state index in [-0.39, 0.29) is 47.9 Å².